The molecule has 0 fully saturated rings. The van der Waals surface area contributed by atoms with E-state index in [0.717, 1.165) is 24.1 Å². The van der Waals surface area contributed by atoms with Crippen molar-refractivity contribution in [2.45, 2.75) is 52.4 Å². The molecule has 1 heterocycles. The first-order valence-corrected chi connectivity index (χ1v) is 5.38. The van der Waals surface area contributed by atoms with Gasteiger partial charge >= 0.3 is 5.63 Å². The van der Waals surface area contributed by atoms with Crippen molar-refractivity contribution in [3.8, 4) is 0 Å². The van der Waals surface area contributed by atoms with E-state index in [4.69, 9.17) is 4.52 Å². The van der Waals surface area contributed by atoms with Crippen LogP contribution in [0.15, 0.2) is 9.32 Å². The van der Waals surface area contributed by atoms with Crippen LogP contribution in [0.3, 0.4) is 0 Å². The Morgan fingerprint density at radius 1 is 1.43 bits per heavy atom. The number of H-pyrrole nitrogens is 1. The Labute approximate surface area is 84.5 Å². The van der Waals surface area contributed by atoms with E-state index < -0.39 is 0 Å². The van der Waals surface area contributed by atoms with Crippen LogP contribution in [0.4, 0.5) is 0 Å². The van der Waals surface area contributed by atoms with Gasteiger partial charge in [0.2, 0.25) is 0 Å². The standard InChI is InChI=1S/C11H19NO2/c1-4-6-7-9(5-2)10-8(3)11(13)14-12-10/h9,12H,4-7H2,1-3H3. The number of hydrogen-bond donors (Lipinski definition) is 1. The predicted molar refractivity (Wildman–Crippen MR) is 56.6 cm³/mol. The van der Waals surface area contributed by atoms with Crippen molar-refractivity contribution in [2.24, 2.45) is 0 Å². The smallest absolute Gasteiger partial charge is 0.339 e. The van der Waals surface area contributed by atoms with E-state index in [0.29, 0.717) is 5.92 Å². The molecule has 0 spiro atoms. The molecular formula is C11H19NO2. The number of unbranched alkanes of at least 4 members (excludes halogenated alkanes) is 1. The number of rotatable bonds is 5. The zero-order chi connectivity index (χ0) is 10.6. The summed E-state index contributed by atoms with van der Waals surface area (Å²) in [6, 6.07) is 0. The van der Waals surface area contributed by atoms with Crippen molar-refractivity contribution in [2.75, 3.05) is 0 Å². The second kappa shape index (κ2) is 5.03. The van der Waals surface area contributed by atoms with E-state index in [2.05, 4.69) is 19.0 Å². The molecular weight excluding hydrogens is 178 g/mol. The second-order valence-electron chi connectivity index (χ2n) is 3.78. The molecule has 0 radical (unpaired) electrons. The Kier molecular flexibility index (Phi) is 3.98. The molecule has 1 N–H and O–H groups in total. The van der Waals surface area contributed by atoms with Gasteiger partial charge in [0.15, 0.2) is 0 Å². The van der Waals surface area contributed by atoms with Gasteiger partial charge in [-0.2, -0.15) is 0 Å². The number of aromatic nitrogens is 1. The number of aromatic amines is 1. The summed E-state index contributed by atoms with van der Waals surface area (Å²) in [5.41, 5.74) is 1.51. The average Bonchev–Trinajstić information content (AvgIpc) is 2.51. The molecule has 0 saturated heterocycles. The van der Waals surface area contributed by atoms with Gasteiger partial charge in [-0.25, -0.2) is 9.95 Å². The number of nitrogens with one attached hydrogen (secondary N) is 1. The van der Waals surface area contributed by atoms with E-state index >= 15 is 0 Å². The van der Waals surface area contributed by atoms with E-state index in [9.17, 15) is 4.79 Å². The molecule has 0 saturated carbocycles. The van der Waals surface area contributed by atoms with Gasteiger partial charge in [0.05, 0.1) is 11.3 Å². The third kappa shape index (κ3) is 2.28. The molecule has 1 aromatic heterocycles. The lowest BCUT2D eigenvalue weighted by Crippen LogP contribution is -2.03. The highest BCUT2D eigenvalue weighted by Crippen LogP contribution is 2.24. The van der Waals surface area contributed by atoms with E-state index in [1.54, 1.807) is 0 Å². The minimum Gasteiger partial charge on any atom is -0.339 e. The van der Waals surface area contributed by atoms with Crippen LogP contribution < -0.4 is 5.63 Å². The summed E-state index contributed by atoms with van der Waals surface area (Å²) in [7, 11) is 0. The zero-order valence-corrected chi connectivity index (χ0v) is 9.22. The molecule has 0 aliphatic rings. The largest absolute Gasteiger partial charge is 0.360 e. The van der Waals surface area contributed by atoms with Crippen LogP contribution in [0.1, 0.15) is 56.7 Å². The van der Waals surface area contributed by atoms with Crippen molar-refractivity contribution in [3.63, 3.8) is 0 Å². The van der Waals surface area contributed by atoms with Crippen molar-refractivity contribution in [1.29, 1.82) is 0 Å². The van der Waals surface area contributed by atoms with Gasteiger partial charge in [-0.1, -0.05) is 26.7 Å². The summed E-state index contributed by atoms with van der Waals surface area (Å²) >= 11 is 0. The van der Waals surface area contributed by atoms with E-state index in [-0.39, 0.29) is 5.63 Å². The molecule has 14 heavy (non-hydrogen) atoms. The molecule has 0 bridgehead atoms. The SMILES string of the molecule is CCCCC(CC)c1[nH]oc(=O)c1C. The lowest BCUT2D eigenvalue weighted by molar-refractivity contribution is 0.375. The molecule has 1 rings (SSSR count). The topological polar surface area (TPSA) is 46.0 Å². The number of hydrogen-bond acceptors (Lipinski definition) is 2. The normalized spacial score (nSPS) is 13.1. The summed E-state index contributed by atoms with van der Waals surface area (Å²) in [5, 5.41) is 2.75. The highest BCUT2D eigenvalue weighted by atomic mass is 16.5. The summed E-state index contributed by atoms with van der Waals surface area (Å²) in [6.45, 7) is 6.15. The molecule has 0 aliphatic heterocycles. The van der Waals surface area contributed by atoms with Crippen molar-refractivity contribution >= 4 is 0 Å². The lowest BCUT2D eigenvalue weighted by Gasteiger charge is -2.12. The van der Waals surface area contributed by atoms with Gasteiger partial charge in [0.25, 0.3) is 0 Å². The Hall–Kier alpha value is -0.990. The monoisotopic (exact) mass is 197 g/mol. The molecule has 0 aromatic carbocycles. The van der Waals surface area contributed by atoms with Crippen LogP contribution in [-0.2, 0) is 0 Å². The quantitative estimate of drug-likeness (QED) is 0.788. The molecule has 0 amide bonds. The molecule has 1 unspecified atom stereocenters. The fraction of sp³-hybridized carbons (Fsp3) is 0.727. The average molecular weight is 197 g/mol. The van der Waals surface area contributed by atoms with Gasteiger partial charge in [-0.15, -0.1) is 0 Å². The Balaban J connectivity index is 2.78. The Morgan fingerprint density at radius 2 is 2.14 bits per heavy atom. The first kappa shape index (κ1) is 11.1. The molecule has 1 aromatic rings. The predicted octanol–water partition coefficient (Wildman–Crippen LogP) is 2.96. The first-order valence-electron chi connectivity index (χ1n) is 5.38. The maximum absolute atomic E-state index is 11.1. The Bertz CT molecular complexity index is 324. The highest BCUT2D eigenvalue weighted by Gasteiger charge is 2.16. The highest BCUT2D eigenvalue weighted by molar-refractivity contribution is 5.16. The van der Waals surface area contributed by atoms with Crippen LogP contribution in [0.5, 0.6) is 0 Å². The van der Waals surface area contributed by atoms with Gasteiger partial charge in [0.1, 0.15) is 0 Å². The maximum atomic E-state index is 11.1. The molecule has 80 valence electrons. The van der Waals surface area contributed by atoms with Crippen molar-refractivity contribution in [1.82, 2.24) is 5.16 Å². The zero-order valence-electron chi connectivity index (χ0n) is 9.22. The molecule has 3 heteroatoms. The van der Waals surface area contributed by atoms with Crippen LogP contribution in [-0.4, -0.2) is 5.16 Å². The fourth-order valence-electron chi connectivity index (χ4n) is 1.76. The van der Waals surface area contributed by atoms with E-state index in [1.165, 1.54) is 12.8 Å². The summed E-state index contributed by atoms with van der Waals surface area (Å²) in [6.07, 6.45) is 4.57. The molecule has 3 nitrogen and oxygen atoms in total. The minimum atomic E-state index is -0.227. The van der Waals surface area contributed by atoms with Crippen LogP contribution in [0.2, 0.25) is 0 Å². The van der Waals surface area contributed by atoms with Crippen LogP contribution in [0, 0.1) is 6.92 Å². The van der Waals surface area contributed by atoms with Crippen molar-refractivity contribution in [3.05, 3.63) is 21.7 Å². The van der Waals surface area contributed by atoms with Gasteiger partial charge in [-0.3, -0.25) is 0 Å². The molecule has 0 aliphatic carbocycles. The van der Waals surface area contributed by atoms with Gasteiger partial charge < -0.3 is 4.52 Å². The second-order valence-corrected chi connectivity index (χ2v) is 3.78. The third-order valence-electron chi connectivity index (χ3n) is 2.77. The Morgan fingerprint density at radius 3 is 2.57 bits per heavy atom. The third-order valence-corrected chi connectivity index (χ3v) is 2.77. The summed E-state index contributed by atoms with van der Waals surface area (Å²) < 4.78 is 4.78. The van der Waals surface area contributed by atoms with Gasteiger partial charge in [-0.05, 0) is 19.8 Å². The minimum absolute atomic E-state index is 0.227. The maximum Gasteiger partial charge on any atom is 0.360 e. The van der Waals surface area contributed by atoms with Crippen LogP contribution in [0.25, 0.3) is 0 Å². The lowest BCUT2D eigenvalue weighted by atomic mass is 9.94. The van der Waals surface area contributed by atoms with Gasteiger partial charge in [0, 0.05) is 5.92 Å². The van der Waals surface area contributed by atoms with E-state index in [1.807, 2.05) is 6.92 Å². The summed E-state index contributed by atoms with van der Waals surface area (Å²) in [4.78, 5) is 11.1. The van der Waals surface area contributed by atoms with Crippen molar-refractivity contribution < 1.29 is 4.52 Å². The first-order chi connectivity index (χ1) is 6.70. The summed E-state index contributed by atoms with van der Waals surface area (Å²) in [5.74, 6) is 0.446. The molecule has 1 atom stereocenters. The van der Waals surface area contributed by atoms with Crippen LogP contribution >= 0.6 is 0 Å². The fourth-order valence-corrected chi connectivity index (χ4v) is 1.76.